The zero-order chi connectivity index (χ0) is 9.42. The summed E-state index contributed by atoms with van der Waals surface area (Å²) in [5, 5.41) is 4.55. The Morgan fingerprint density at radius 1 is 1.54 bits per heavy atom. The lowest BCUT2D eigenvalue weighted by Crippen LogP contribution is -2.30. The predicted octanol–water partition coefficient (Wildman–Crippen LogP) is 0.118. The number of anilines is 3. The number of hydroxylamine groups is 1. The van der Waals surface area contributed by atoms with Crippen molar-refractivity contribution in [2.45, 2.75) is 6.92 Å². The number of hydrogen-bond donors (Lipinski definition) is 2. The minimum Gasteiger partial charge on any atom is -0.382 e. The van der Waals surface area contributed by atoms with Crippen molar-refractivity contribution in [1.29, 1.82) is 0 Å². The summed E-state index contributed by atoms with van der Waals surface area (Å²) < 4.78 is 0. The predicted molar refractivity (Wildman–Crippen MR) is 49.2 cm³/mol. The molecule has 6 heteroatoms. The van der Waals surface area contributed by atoms with Crippen molar-refractivity contribution in [3.63, 3.8) is 0 Å². The van der Waals surface area contributed by atoms with Gasteiger partial charge in [0, 0.05) is 7.05 Å². The SMILES string of the molecule is Cc1nc(N)c2c(n1)N(C)OCN2. The van der Waals surface area contributed by atoms with Crippen LogP contribution in [0.25, 0.3) is 0 Å². The molecule has 0 bridgehead atoms. The first-order valence-corrected chi connectivity index (χ1v) is 3.93. The van der Waals surface area contributed by atoms with Gasteiger partial charge in [0.2, 0.25) is 0 Å². The van der Waals surface area contributed by atoms with E-state index in [1.54, 1.807) is 19.0 Å². The van der Waals surface area contributed by atoms with E-state index >= 15 is 0 Å². The van der Waals surface area contributed by atoms with E-state index in [1.165, 1.54) is 0 Å². The lowest BCUT2D eigenvalue weighted by molar-refractivity contribution is 0.130. The Bertz CT molecular complexity index is 340. The highest BCUT2D eigenvalue weighted by Crippen LogP contribution is 2.30. The number of nitrogens with zero attached hydrogens (tertiary/aromatic N) is 3. The number of nitrogens with one attached hydrogen (secondary N) is 1. The zero-order valence-corrected chi connectivity index (χ0v) is 7.53. The van der Waals surface area contributed by atoms with E-state index in [9.17, 15) is 0 Å². The molecule has 0 aromatic carbocycles. The first-order valence-electron chi connectivity index (χ1n) is 3.93. The summed E-state index contributed by atoms with van der Waals surface area (Å²) in [6.45, 7) is 2.18. The fourth-order valence-electron chi connectivity index (χ4n) is 1.24. The van der Waals surface area contributed by atoms with Gasteiger partial charge in [-0.15, -0.1) is 0 Å². The Morgan fingerprint density at radius 2 is 2.31 bits per heavy atom. The highest BCUT2D eigenvalue weighted by molar-refractivity contribution is 5.76. The summed E-state index contributed by atoms with van der Waals surface area (Å²) in [6.07, 6.45) is 0. The molecular formula is C7H11N5O. The van der Waals surface area contributed by atoms with Crippen LogP contribution < -0.4 is 16.1 Å². The third kappa shape index (κ3) is 1.25. The average Bonchev–Trinajstić information content (AvgIpc) is 2.07. The molecule has 0 radical (unpaired) electrons. The van der Waals surface area contributed by atoms with Crippen LogP contribution in [0.15, 0.2) is 0 Å². The van der Waals surface area contributed by atoms with E-state index in [4.69, 9.17) is 10.6 Å². The molecule has 6 nitrogen and oxygen atoms in total. The number of aryl methyl sites for hydroxylation is 1. The van der Waals surface area contributed by atoms with Crippen LogP contribution >= 0.6 is 0 Å². The molecule has 0 amide bonds. The molecule has 1 aliphatic heterocycles. The highest BCUT2D eigenvalue weighted by atomic mass is 16.7. The van der Waals surface area contributed by atoms with Crippen molar-refractivity contribution in [2.24, 2.45) is 0 Å². The van der Waals surface area contributed by atoms with Crippen molar-refractivity contribution >= 4 is 17.3 Å². The molecule has 1 aromatic rings. The Kier molecular flexibility index (Phi) is 1.70. The van der Waals surface area contributed by atoms with Gasteiger partial charge < -0.3 is 11.1 Å². The van der Waals surface area contributed by atoms with Gasteiger partial charge in [-0.2, -0.15) is 0 Å². The Balaban J connectivity index is 2.56. The van der Waals surface area contributed by atoms with E-state index in [-0.39, 0.29) is 0 Å². The van der Waals surface area contributed by atoms with Gasteiger partial charge >= 0.3 is 0 Å². The molecular weight excluding hydrogens is 170 g/mol. The van der Waals surface area contributed by atoms with E-state index < -0.39 is 0 Å². The van der Waals surface area contributed by atoms with Gasteiger partial charge in [0.25, 0.3) is 0 Å². The second-order valence-corrected chi connectivity index (χ2v) is 2.80. The second-order valence-electron chi connectivity index (χ2n) is 2.80. The summed E-state index contributed by atoms with van der Waals surface area (Å²) in [5.41, 5.74) is 6.44. The van der Waals surface area contributed by atoms with Crippen molar-refractivity contribution in [3.8, 4) is 0 Å². The summed E-state index contributed by atoms with van der Waals surface area (Å²) in [7, 11) is 1.78. The van der Waals surface area contributed by atoms with Gasteiger partial charge in [-0.05, 0) is 6.92 Å². The lowest BCUT2D eigenvalue weighted by atomic mass is 10.4. The van der Waals surface area contributed by atoms with Crippen LogP contribution in [0, 0.1) is 6.92 Å². The summed E-state index contributed by atoms with van der Waals surface area (Å²) in [5.74, 6) is 1.77. The largest absolute Gasteiger partial charge is 0.382 e. The van der Waals surface area contributed by atoms with Gasteiger partial charge in [-0.3, -0.25) is 4.84 Å². The summed E-state index contributed by atoms with van der Waals surface area (Å²) >= 11 is 0. The number of rotatable bonds is 0. The van der Waals surface area contributed by atoms with Crippen molar-refractivity contribution in [1.82, 2.24) is 9.97 Å². The topological polar surface area (TPSA) is 76.3 Å². The number of aromatic nitrogens is 2. The number of hydrogen-bond acceptors (Lipinski definition) is 6. The smallest absolute Gasteiger partial charge is 0.181 e. The molecule has 0 unspecified atom stereocenters. The zero-order valence-electron chi connectivity index (χ0n) is 7.53. The van der Waals surface area contributed by atoms with E-state index in [0.29, 0.717) is 24.2 Å². The van der Waals surface area contributed by atoms with Crippen LogP contribution in [0.2, 0.25) is 0 Å². The van der Waals surface area contributed by atoms with Crippen molar-refractivity contribution in [3.05, 3.63) is 5.82 Å². The quantitative estimate of drug-likeness (QED) is 0.592. The second kappa shape index (κ2) is 2.74. The molecule has 0 aliphatic carbocycles. The fourth-order valence-corrected chi connectivity index (χ4v) is 1.24. The standard InChI is InChI=1S/C7H11N5O/c1-4-10-6(8)5-7(11-4)12(2)13-3-9-5/h9H,3H2,1-2H3,(H2,8,10,11). The number of nitrogens with two attached hydrogens (primary N) is 1. The van der Waals surface area contributed by atoms with Crippen LogP contribution in [0.3, 0.4) is 0 Å². The van der Waals surface area contributed by atoms with E-state index in [1.807, 2.05) is 0 Å². The van der Waals surface area contributed by atoms with Crippen molar-refractivity contribution in [2.75, 3.05) is 29.9 Å². The van der Waals surface area contributed by atoms with Crippen molar-refractivity contribution < 1.29 is 4.84 Å². The fraction of sp³-hybridized carbons (Fsp3) is 0.429. The monoisotopic (exact) mass is 181 g/mol. The van der Waals surface area contributed by atoms with E-state index in [0.717, 1.165) is 5.69 Å². The van der Waals surface area contributed by atoms with Gasteiger partial charge in [-0.1, -0.05) is 0 Å². The number of fused-ring (bicyclic) bond motifs is 1. The maximum Gasteiger partial charge on any atom is 0.181 e. The molecule has 1 aliphatic rings. The molecule has 70 valence electrons. The molecule has 0 fully saturated rings. The van der Waals surface area contributed by atoms with Gasteiger partial charge in [-0.25, -0.2) is 15.0 Å². The van der Waals surface area contributed by atoms with Gasteiger partial charge in [0.05, 0.1) is 0 Å². The molecule has 1 aromatic heterocycles. The molecule has 0 saturated heterocycles. The third-order valence-electron chi connectivity index (χ3n) is 1.84. The first kappa shape index (κ1) is 8.06. The maximum atomic E-state index is 5.71. The minimum atomic E-state index is 0.389. The van der Waals surface area contributed by atoms with E-state index in [2.05, 4.69) is 15.3 Å². The summed E-state index contributed by atoms with van der Waals surface area (Å²) in [4.78, 5) is 13.4. The third-order valence-corrected chi connectivity index (χ3v) is 1.84. The van der Waals surface area contributed by atoms with Crippen LogP contribution in [0.1, 0.15) is 5.82 Å². The van der Waals surface area contributed by atoms with Crippen LogP contribution in [-0.2, 0) is 4.84 Å². The molecule has 0 atom stereocenters. The maximum absolute atomic E-state index is 5.71. The normalized spacial score (nSPS) is 15.1. The summed E-state index contributed by atoms with van der Waals surface area (Å²) in [6, 6.07) is 0. The Hall–Kier alpha value is -1.56. The first-order chi connectivity index (χ1) is 6.18. The van der Waals surface area contributed by atoms with Gasteiger partial charge in [0.1, 0.15) is 18.2 Å². The average molecular weight is 181 g/mol. The van der Waals surface area contributed by atoms with Crippen LogP contribution in [0.5, 0.6) is 0 Å². The molecule has 2 heterocycles. The molecule has 13 heavy (non-hydrogen) atoms. The lowest BCUT2D eigenvalue weighted by Gasteiger charge is -2.26. The highest BCUT2D eigenvalue weighted by Gasteiger charge is 2.19. The minimum absolute atomic E-state index is 0.389. The molecule has 2 rings (SSSR count). The Labute approximate surface area is 75.7 Å². The molecule has 3 N–H and O–H groups in total. The van der Waals surface area contributed by atoms with Crippen LogP contribution in [-0.4, -0.2) is 23.7 Å². The number of nitrogen functional groups attached to an aromatic ring is 1. The Morgan fingerprint density at radius 3 is 3.08 bits per heavy atom. The van der Waals surface area contributed by atoms with Crippen LogP contribution in [0.4, 0.5) is 17.3 Å². The molecule has 0 saturated carbocycles. The van der Waals surface area contributed by atoms with Gasteiger partial charge in [0.15, 0.2) is 11.6 Å². The molecule has 0 spiro atoms.